The average molecular weight is 420 g/mol. The Morgan fingerprint density at radius 3 is 2.90 bits per heavy atom. The number of carbonyl (C=O) groups excluding carboxylic acids is 1. The molecule has 1 amide bonds. The van der Waals surface area contributed by atoms with Crippen molar-refractivity contribution in [2.24, 2.45) is 11.8 Å². The third-order valence-electron chi connectivity index (χ3n) is 6.43. The van der Waals surface area contributed by atoms with E-state index in [1.807, 2.05) is 0 Å². The zero-order valence-corrected chi connectivity index (χ0v) is 16.4. The molecule has 2 bridgehead atoms. The van der Waals surface area contributed by atoms with Gasteiger partial charge in [0, 0.05) is 24.9 Å². The molecule has 0 saturated carbocycles. The second-order valence-electron chi connectivity index (χ2n) is 7.99. The molecule has 154 valence electrons. The first kappa shape index (κ1) is 18.7. The van der Waals surface area contributed by atoms with E-state index in [0.717, 1.165) is 25.0 Å². The number of nitrogens with one attached hydrogen (secondary N) is 2. The summed E-state index contributed by atoms with van der Waals surface area (Å²) in [7, 11) is -3.74. The van der Waals surface area contributed by atoms with E-state index in [1.54, 1.807) is 4.90 Å². The van der Waals surface area contributed by atoms with Crippen molar-refractivity contribution in [1.29, 1.82) is 0 Å². The van der Waals surface area contributed by atoms with Gasteiger partial charge >= 0.3 is 0 Å². The van der Waals surface area contributed by atoms with Crippen LogP contribution in [0.1, 0.15) is 23.3 Å². The Balaban J connectivity index is 1.31. The summed E-state index contributed by atoms with van der Waals surface area (Å²) in [6.45, 7) is 1.26. The number of carbonyl (C=O) groups is 1. The molecule has 4 heterocycles. The Labute approximate surface area is 167 Å². The fraction of sp³-hybridized carbons (Fsp3) is 0.474. The number of sulfonamides is 1. The lowest BCUT2D eigenvalue weighted by molar-refractivity contribution is 0.00319. The van der Waals surface area contributed by atoms with Crippen molar-refractivity contribution >= 4 is 15.9 Å². The highest BCUT2D eigenvalue weighted by Crippen LogP contribution is 2.54. The summed E-state index contributed by atoms with van der Waals surface area (Å²) in [5.41, 5.74) is 0.0382. The highest BCUT2D eigenvalue weighted by Gasteiger charge is 2.63. The second-order valence-corrected chi connectivity index (χ2v) is 9.75. The predicted molar refractivity (Wildman–Crippen MR) is 99.9 cm³/mol. The van der Waals surface area contributed by atoms with Crippen molar-refractivity contribution < 1.29 is 22.3 Å². The molecule has 2 N–H and O–H groups in total. The van der Waals surface area contributed by atoms with Crippen molar-refractivity contribution in [1.82, 2.24) is 19.6 Å². The number of hydrogen-bond donors (Lipinski definition) is 2. The third kappa shape index (κ3) is 3.06. The molecule has 2 aromatic rings. The predicted octanol–water partition coefficient (Wildman–Crippen LogP) is 1.15. The van der Waals surface area contributed by atoms with Crippen LogP contribution in [0.3, 0.4) is 0 Å². The molecule has 3 fully saturated rings. The lowest BCUT2D eigenvalue weighted by Gasteiger charge is -2.29. The zero-order valence-electron chi connectivity index (χ0n) is 15.5. The van der Waals surface area contributed by atoms with Crippen LogP contribution in [0.5, 0.6) is 0 Å². The Morgan fingerprint density at radius 2 is 2.17 bits per heavy atom. The topological polar surface area (TPSA) is 104 Å². The first-order valence-corrected chi connectivity index (χ1v) is 11.1. The van der Waals surface area contributed by atoms with Gasteiger partial charge in [0.1, 0.15) is 11.5 Å². The maximum absolute atomic E-state index is 13.1. The van der Waals surface area contributed by atoms with Crippen LogP contribution in [0.2, 0.25) is 0 Å². The highest BCUT2D eigenvalue weighted by molar-refractivity contribution is 7.89. The van der Waals surface area contributed by atoms with Gasteiger partial charge in [0.15, 0.2) is 0 Å². The highest BCUT2D eigenvalue weighted by atomic mass is 32.2. The van der Waals surface area contributed by atoms with E-state index in [-0.39, 0.29) is 35.3 Å². The van der Waals surface area contributed by atoms with E-state index >= 15 is 0 Å². The molecular weight excluding hydrogens is 399 g/mol. The average Bonchev–Trinajstić information content (AvgIpc) is 3.46. The van der Waals surface area contributed by atoms with Crippen LogP contribution >= 0.6 is 0 Å². The SMILES string of the molecule is O=C(c1cnc[nH]1)N1C[C@@H]2[C@H](CNS(=O)(=O)c3ccc(F)cc3)[C@H]3CC[C@]2(C1)O3. The van der Waals surface area contributed by atoms with E-state index in [9.17, 15) is 17.6 Å². The summed E-state index contributed by atoms with van der Waals surface area (Å²) in [5.74, 6) is -0.549. The summed E-state index contributed by atoms with van der Waals surface area (Å²) >= 11 is 0. The van der Waals surface area contributed by atoms with E-state index in [0.29, 0.717) is 18.8 Å². The van der Waals surface area contributed by atoms with Crippen molar-refractivity contribution in [2.45, 2.75) is 29.4 Å². The van der Waals surface area contributed by atoms with Gasteiger partial charge in [-0.25, -0.2) is 22.5 Å². The second kappa shape index (κ2) is 6.61. The fourth-order valence-corrected chi connectivity index (χ4v) is 6.14. The van der Waals surface area contributed by atoms with Gasteiger partial charge in [-0.2, -0.15) is 0 Å². The van der Waals surface area contributed by atoms with Gasteiger partial charge in [-0.05, 0) is 37.1 Å². The number of halogens is 1. The molecule has 0 aliphatic carbocycles. The van der Waals surface area contributed by atoms with Crippen LogP contribution in [0.25, 0.3) is 0 Å². The van der Waals surface area contributed by atoms with Gasteiger partial charge < -0.3 is 14.6 Å². The fourth-order valence-electron chi connectivity index (χ4n) is 5.06. The van der Waals surface area contributed by atoms with Gasteiger partial charge in [0.25, 0.3) is 5.91 Å². The Hall–Kier alpha value is -2.30. The number of ether oxygens (including phenoxy) is 1. The minimum atomic E-state index is -3.74. The number of nitrogens with zero attached hydrogens (tertiary/aromatic N) is 2. The maximum atomic E-state index is 13.1. The van der Waals surface area contributed by atoms with Crippen LogP contribution in [-0.4, -0.2) is 60.5 Å². The van der Waals surface area contributed by atoms with Crippen molar-refractivity contribution in [3.8, 4) is 0 Å². The molecule has 29 heavy (non-hydrogen) atoms. The molecule has 0 radical (unpaired) electrons. The van der Waals surface area contributed by atoms with E-state index < -0.39 is 21.4 Å². The molecule has 1 aromatic carbocycles. The van der Waals surface area contributed by atoms with Gasteiger partial charge in [-0.15, -0.1) is 0 Å². The Kier molecular flexibility index (Phi) is 4.27. The van der Waals surface area contributed by atoms with Crippen molar-refractivity contribution in [3.05, 3.63) is 48.3 Å². The molecule has 4 atom stereocenters. The standard InChI is InChI=1S/C19H21FN4O4S/c20-12-1-3-13(4-2-12)29(26,27)23-7-14-15-9-24(18(25)16-8-21-11-22-16)10-19(15)6-5-17(14)28-19/h1-4,8,11,14-15,17,23H,5-7,9-10H2,(H,21,22)/t14-,15+,17+,19+/m0/s1. The van der Waals surface area contributed by atoms with E-state index in [2.05, 4.69) is 14.7 Å². The molecule has 3 saturated heterocycles. The van der Waals surface area contributed by atoms with Gasteiger partial charge in [0.2, 0.25) is 10.0 Å². The molecule has 0 unspecified atom stereocenters. The zero-order chi connectivity index (χ0) is 20.2. The number of fused-ring (bicyclic) bond motifs is 1. The third-order valence-corrected chi connectivity index (χ3v) is 7.87. The number of likely N-dealkylation sites (tertiary alicyclic amines) is 1. The quantitative estimate of drug-likeness (QED) is 0.755. The summed E-state index contributed by atoms with van der Waals surface area (Å²) in [5, 5.41) is 0. The van der Waals surface area contributed by atoms with Crippen LogP contribution in [0.4, 0.5) is 4.39 Å². The van der Waals surface area contributed by atoms with E-state index in [4.69, 9.17) is 4.74 Å². The number of aromatic nitrogens is 2. The molecule has 1 spiro atoms. The van der Waals surface area contributed by atoms with Gasteiger partial charge in [0.05, 0.1) is 35.7 Å². The number of benzene rings is 1. The van der Waals surface area contributed by atoms with Crippen LogP contribution in [0.15, 0.2) is 41.7 Å². The first-order chi connectivity index (χ1) is 13.9. The van der Waals surface area contributed by atoms with Crippen LogP contribution in [-0.2, 0) is 14.8 Å². The lowest BCUT2D eigenvalue weighted by Crippen LogP contribution is -2.41. The summed E-state index contributed by atoms with van der Waals surface area (Å²) in [6, 6.07) is 4.74. The first-order valence-electron chi connectivity index (χ1n) is 9.59. The van der Waals surface area contributed by atoms with Gasteiger partial charge in [-0.1, -0.05) is 0 Å². The van der Waals surface area contributed by atoms with Gasteiger partial charge in [-0.3, -0.25) is 4.79 Å². The molecule has 8 nitrogen and oxygen atoms in total. The minimum Gasteiger partial charge on any atom is -0.369 e. The summed E-state index contributed by atoms with van der Waals surface area (Å²) in [6.07, 6.45) is 4.68. The maximum Gasteiger partial charge on any atom is 0.272 e. The van der Waals surface area contributed by atoms with E-state index in [1.165, 1.54) is 24.7 Å². The van der Waals surface area contributed by atoms with Crippen LogP contribution < -0.4 is 4.72 Å². The monoisotopic (exact) mass is 420 g/mol. The van der Waals surface area contributed by atoms with Crippen LogP contribution in [0, 0.1) is 17.7 Å². The summed E-state index contributed by atoms with van der Waals surface area (Å²) in [4.78, 5) is 21.2. The minimum absolute atomic E-state index is 0.0136. The number of imidazole rings is 1. The Morgan fingerprint density at radius 1 is 1.38 bits per heavy atom. The number of H-pyrrole nitrogens is 1. The lowest BCUT2D eigenvalue weighted by atomic mass is 9.74. The number of hydrogen-bond acceptors (Lipinski definition) is 5. The molecule has 5 rings (SSSR count). The molecular formula is C19H21FN4O4S. The molecule has 1 aromatic heterocycles. The van der Waals surface area contributed by atoms with Crippen molar-refractivity contribution in [3.63, 3.8) is 0 Å². The largest absolute Gasteiger partial charge is 0.369 e. The number of aromatic amines is 1. The normalized spacial score (nSPS) is 30.7. The Bertz CT molecular complexity index is 1030. The van der Waals surface area contributed by atoms with Crippen molar-refractivity contribution in [2.75, 3.05) is 19.6 Å². The molecule has 10 heteroatoms. The number of amides is 1. The molecule has 3 aliphatic heterocycles. The summed E-state index contributed by atoms with van der Waals surface area (Å²) < 4.78 is 47.2. The smallest absolute Gasteiger partial charge is 0.272 e. The molecule has 3 aliphatic rings. The number of rotatable bonds is 5.